The molecule has 1 aliphatic rings. The molecule has 0 aromatic heterocycles. The Morgan fingerprint density at radius 1 is 1.20 bits per heavy atom. The van der Waals surface area contributed by atoms with E-state index in [1.54, 1.807) is 0 Å². The van der Waals surface area contributed by atoms with Crippen molar-refractivity contribution in [2.75, 3.05) is 12.3 Å². The molecular formula is C11H23NO2S. The summed E-state index contributed by atoms with van der Waals surface area (Å²) in [5, 5.41) is -0.0889. The van der Waals surface area contributed by atoms with Gasteiger partial charge in [0.05, 0.1) is 11.0 Å². The fraction of sp³-hybridized carbons (Fsp3) is 1.00. The van der Waals surface area contributed by atoms with E-state index in [0.717, 1.165) is 25.7 Å². The van der Waals surface area contributed by atoms with Gasteiger partial charge < -0.3 is 5.73 Å². The largest absolute Gasteiger partial charge is 0.330 e. The van der Waals surface area contributed by atoms with Gasteiger partial charge in [0.15, 0.2) is 9.84 Å². The Kier molecular flexibility index (Phi) is 5.06. The second-order valence-corrected chi connectivity index (χ2v) is 7.11. The summed E-state index contributed by atoms with van der Waals surface area (Å²) in [6.45, 7) is 2.38. The second-order valence-electron chi connectivity index (χ2n) is 4.78. The summed E-state index contributed by atoms with van der Waals surface area (Å²) in [5.41, 5.74) is 5.48. The molecule has 0 aliphatic heterocycles. The van der Waals surface area contributed by atoms with Crippen LogP contribution in [0.5, 0.6) is 0 Å². The Balaban J connectivity index is 2.58. The summed E-state index contributed by atoms with van der Waals surface area (Å²) in [6.07, 6.45) is 6.25. The van der Waals surface area contributed by atoms with Crippen molar-refractivity contribution >= 4 is 9.84 Å². The summed E-state index contributed by atoms with van der Waals surface area (Å²) in [5.74, 6) is 0.368. The first kappa shape index (κ1) is 13.0. The molecule has 1 aliphatic carbocycles. The third-order valence-corrected chi connectivity index (χ3v) is 5.75. The lowest BCUT2D eigenvalue weighted by molar-refractivity contribution is 0.545. The van der Waals surface area contributed by atoms with Crippen LogP contribution in [0.1, 0.15) is 45.4 Å². The highest BCUT2D eigenvalue weighted by Gasteiger charge is 2.27. The van der Waals surface area contributed by atoms with E-state index in [1.807, 2.05) is 6.92 Å². The number of nitrogens with two attached hydrogens (primary N) is 1. The van der Waals surface area contributed by atoms with Gasteiger partial charge in [-0.2, -0.15) is 0 Å². The molecule has 2 N–H and O–H groups in total. The lowest BCUT2D eigenvalue weighted by Crippen LogP contribution is -2.29. The molecule has 1 fully saturated rings. The molecule has 4 heteroatoms. The summed E-state index contributed by atoms with van der Waals surface area (Å²) in [4.78, 5) is 0. The van der Waals surface area contributed by atoms with Gasteiger partial charge in [0.25, 0.3) is 0 Å². The topological polar surface area (TPSA) is 60.2 Å². The summed E-state index contributed by atoms with van der Waals surface area (Å²) in [6, 6.07) is 0. The van der Waals surface area contributed by atoms with Gasteiger partial charge in [-0.25, -0.2) is 8.42 Å². The highest BCUT2D eigenvalue weighted by atomic mass is 32.2. The van der Waals surface area contributed by atoms with Crippen LogP contribution in [0, 0.1) is 5.92 Å². The zero-order valence-electron chi connectivity index (χ0n) is 9.61. The van der Waals surface area contributed by atoms with E-state index in [2.05, 4.69) is 0 Å². The zero-order valence-corrected chi connectivity index (χ0v) is 10.4. The van der Waals surface area contributed by atoms with Crippen LogP contribution >= 0.6 is 0 Å². The Bertz CT molecular complexity index is 266. The van der Waals surface area contributed by atoms with Crippen molar-refractivity contribution in [1.29, 1.82) is 0 Å². The van der Waals surface area contributed by atoms with Crippen molar-refractivity contribution in [3.63, 3.8) is 0 Å². The van der Waals surface area contributed by atoms with Crippen LogP contribution in [0.25, 0.3) is 0 Å². The molecule has 15 heavy (non-hydrogen) atoms. The van der Waals surface area contributed by atoms with Crippen molar-refractivity contribution in [2.24, 2.45) is 11.7 Å². The Hall–Kier alpha value is -0.0900. The predicted molar refractivity (Wildman–Crippen MR) is 63.5 cm³/mol. The molecule has 90 valence electrons. The Labute approximate surface area is 93.3 Å². The zero-order chi connectivity index (χ0) is 11.3. The molecule has 0 heterocycles. The van der Waals surface area contributed by atoms with E-state index in [4.69, 9.17) is 5.73 Å². The van der Waals surface area contributed by atoms with Gasteiger partial charge in [-0.3, -0.25) is 0 Å². The number of sulfone groups is 1. The van der Waals surface area contributed by atoms with Crippen LogP contribution in [0.15, 0.2) is 0 Å². The van der Waals surface area contributed by atoms with E-state index < -0.39 is 9.84 Å². The smallest absolute Gasteiger partial charge is 0.153 e. The standard InChI is InChI=1S/C11H23NO2S/c1-10(8-12)9-15(13,14)11-6-4-2-3-5-7-11/h10-11H,2-9,12H2,1H3. The molecule has 0 spiro atoms. The monoisotopic (exact) mass is 233 g/mol. The summed E-state index contributed by atoms with van der Waals surface area (Å²) in [7, 11) is -2.90. The van der Waals surface area contributed by atoms with E-state index >= 15 is 0 Å². The minimum Gasteiger partial charge on any atom is -0.330 e. The summed E-state index contributed by atoms with van der Waals surface area (Å²) < 4.78 is 24.1. The Morgan fingerprint density at radius 3 is 2.20 bits per heavy atom. The molecule has 1 rings (SSSR count). The quantitative estimate of drug-likeness (QED) is 0.752. The van der Waals surface area contributed by atoms with E-state index in [9.17, 15) is 8.42 Å². The molecule has 1 saturated carbocycles. The average Bonchev–Trinajstić information content (AvgIpc) is 2.45. The lowest BCUT2D eigenvalue weighted by atomic mass is 10.2. The van der Waals surface area contributed by atoms with Crippen LogP contribution in [-0.4, -0.2) is 26.0 Å². The maximum Gasteiger partial charge on any atom is 0.153 e. The van der Waals surface area contributed by atoms with Crippen LogP contribution in [0.3, 0.4) is 0 Å². The highest BCUT2D eigenvalue weighted by Crippen LogP contribution is 2.24. The minimum atomic E-state index is -2.90. The van der Waals surface area contributed by atoms with Crippen LogP contribution in [0.2, 0.25) is 0 Å². The van der Waals surface area contributed by atoms with Crippen molar-refractivity contribution in [2.45, 2.75) is 50.7 Å². The lowest BCUT2D eigenvalue weighted by Gasteiger charge is -2.17. The second kappa shape index (κ2) is 5.85. The molecule has 0 aromatic rings. The van der Waals surface area contributed by atoms with Gasteiger partial charge >= 0.3 is 0 Å². The van der Waals surface area contributed by atoms with E-state index in [-0.39, 0.29) is 16.9 Å². The maximum atomic E-state index is 12.1. The minimum absolute atomic E-state index is 0.0889. The molecule has 0 bridgehead atoms. The third-order valence-electron chi connectivity index (χ3n) is 3.23. The third kappa shape index (κ3) is 4.11. The van der Waals surface area contributed by atoms with Gasteiger partial charge in [0.2, 0.25) is 0 Å². The highest BCUT2D eigenvalue weighted by molar-refractivity contribution is 7.92. The first-order valence-corrected chi connectivity index (χ1v) is 7.69. The van der Waals surface area contributed by atoms with Crippen LogP contribution < -0.4 is 5.73 Å². The number of hydrogen-bond acceptors (Lipinski definition) is 3. The van der Waals surface area contributed by atoms with Crippen LogP contribution in [0.4, 0.5) is 0 Å². The Morgan fingerprint density at radius 2 is 1.73 bits per heavy atom. The molecule has 0 amide bonds. The van der Waals surface area contributed by atoms with Gasteiger partial charge in [-0.15, -0.1) is 0 Å². The van der Waals surface area contributed by atoms with Crippen molar-refractivity contribution in [1.82, 2.24) is 0 Å². The fourth-order valence-electron chi connectivity index (χ4n) is 2.20. The van der Waals surface area contributed by atoms with Gasteiger partial charge in [-0.05, 0) is 25.3 Å². The van der Waals surface area contributed by atoms with Crippen molar-refractivity contribution in [3.8, 4) is 0 Å². The van der Waals surface area contributed by atoms with Crippen LogP contribution in [-0.2, 0) is 9.84 Å². The van der Waals surface area contributed by atoms with E-state index in [1.165, 1.54) is 12.8 Å². The normalized spacial score (nSPS) is 22.3. The SMILES string of the molecule is CC(CN)CS(=O)(=O)C1CCCCCC1. The van der Waals surface area contributed by atoms with Gasteiger partial charge in [0.1, 0.15) is 0 Å². The average molecular weight is 233 g/mol. The van der Waals surface area contributed by atoms with Gasteiger partial charge in [-0.1, -0.05) is 32.6 Å². The van der Waals surface area contributed by atoms with Crippen molar-refractivity contribution < 1.29 is 8.42 Å². The predicted octanol–water partition coefficient (Wildman–Crippen LogP) is 1.72. The molecule has 1 atom stereocenters. The van der Waals surface area contributed by atoms with E-state index in [0.29, 0.717) is 6.54 Å². The molecule has 0 aromatic carbocycles. The first-order chi connectivity index (χ1) is 7.06. The maximum absolute atomic E-state index is 12.1. The molecule has 3 nitrogen and oxygen atoms in total. The molecule has 1 unspecified atom stereocenters. The summed E-state index contributed by atoms with van der Waals surface area (Å²) >= 11 is 0. The van der Waals surface area contributed by atoms with Gasteiger partial charge in [0, 0.05) is 0 Å². The molecular weight excluding hydrogens is 210 g/mol. The van der Waals surface area contributed by atoms with Crippen molar-refractivity contribution in [3.05, 3.63) is 0 Å². The fourth-order valence-corrected chi connectivity index (χ4v) is 4.45. The first-order valence-electron chi connectivity index (χ1n) is 5.98. The number of hydrogen-bond donors (Lipinski definition) is 1. The number of rotatable bonds is 4. The molecule has 0 radical (unpaired) electrons. The molecule has 0 saturated heterocycles.